The lowest BCUT2D eigenvalue weighted by atomic mass is 9.96. The van der Waals surface area contributed by atoms with Crippen molar-refractivity contribution in [3.63, 3.8) is 0 Å². The van der Waals surface area contributed by atoms with Crippen LogP contribution >= 0.6 is 11.3 Å². The van der Waals surface area contributed by atoms with Gasteiger partial charge in [-0.15, -0.1) is 11.3 Å². The van der Waals surface area contributed by atoms with E-state index in [0.29, 0.717) is 22.8 Å². The minimum atomic E-state index is -0.513. The number of anilines is 1. The largest absolute Gasteiger partial charge is 0.343 e. The van der Waals surface area contributed by atoms with Crippen LogP contribution in [0.5, 0.6) is 0 Å². The first kappa shape index (κ1) is 22.0. The number of carbonyl (C=O) groups excluding carboxylic acids is 3. The molecule has 0 spiro atoms. The summed E-state index contributed by atoms with van der Waals surface area (Å²) in [5.41, 5.74) is 1.26. The van der Waals surface area contributed by atoms with Gasteiger partial charge < -0.3 is 15.5 Å². The van der Waals surface area contributed by atoms with Crippen LogP contribution in [0.25, 0.3) is 0 Å². The van der Waals surface area contributed by atoms with E-state index in [2.05, 4.69) is 10.6 Å². The van der Waals surface area contributed by atoms with Gasteiger partial charge in [0.15, 0.2) is 0 Å². The summed E-state index contributed by atoms with van der Waals surface area (Å²) in [5.74, 6) is -0.163. The minimum Gasteiger partial charge on any atom is -0.343 e. The molecule has 160 valence electrons. The monoisotopic (exact) mass is 427 g/mol. The topological polar surface area (TPSA) is 78.5 Å². The van der Waals surface area contributed by atoms with Crippen molar-refractivity contribution in [2.75, 3.05) is 18.4 Å². The summed E-state index contributed by atoms with van der Waals surface area (Å²) in [6.45, 7) is 8.58. The molecular formula is C23H29N3O3S. The maximum atomic E-state index is 13.1. The molecule has 1 aliphatic heterocycles. The molecule has 1 aromatic carbocycles. The Bertz CT molecular complexity index is 931. The van der Waals surface area contributed by atoms with Crippen molar-refractivity contribution in [2.24, 2.45) is 5.41 Å². The molecule has 30 heavy (non-hydrogen) atoms. The number of likely N-dealkylation sites (tertiary alicyclic amines) is 1. The lowest BCUT2D eigenvalue weighted by Gasteiger charge is -2.25. The normalized spacial score (nSPS) is 15.2. The molecule has 1 atom stereocenters. The van der Waals surface area contributed by atoms with E-state index in [4.69, 9.17) is 0 Å². The molecule has 1 saturated heterocycles. The lowest BCUT2D eigenvalue weighted by molar-refractivity contribution is -0.128. The molecule has 0 bridgehead atoms. The highest BCUT2D eigenvalue weighted by atomic mass is 32.1. The van der Waals surface area contributed by atoms with Gasteiger partial charge in [0.2, 0.25) is 11.8 Å². The third kappa shape index (κ3) is 5.27. The molecule has 0 aliphatic carbocycles. The summed E-state index contributed by atoms with van der Waals surface area (Å²) in [6.07, 6.45) is 1.42. The smallest absolute Gasteiger partial charge is 0.262 e. The van der Waals surface area contributed by atoms with Crippen molar-refractivity contribution >= 4 is 34.1 Å². The van der Waals surface area contributed by atoms with Crippen LogP contribution in [-0.4, -0.2) is 35.7 Å². The van der Waals surface area contributed by atoms with E-state index in [1.807, 2.05) is 69.0 Å². The quantitative estimate of drug-likeness (QED) is 0.727. The summed E-state index contributed by atoms with van der Waals surface area (Å²) in [7, 11) is 0. The summed E-state index contributed by atoms with van der Waals surface area (Å²) < 4.78 is 0. The van der Waals surface area contributed by atoms with E-state index in [-0.39, 0.29) is 23.8 Å². The van der Waals surface area contributed by atoms with Crippen LogP contribution in [0, 0.1) is 12.3 Å². The molecule has 3 amide bonds. The second-order valence-corrected chi connectivity index (χ2v) is 9.76. The zero-order chi connectivity index (χ0) is 21.9. The predicted molar refractivity (Wildman–Crippen MR) is 120 cm³/mol. The number of benzene rings is 1. The van der Waals surface area contributed by atoms with E-state index in [1.54, 1.807) is 0 Å². The number of nitrogens with zero attached hydrogens (tertiary/aromatic N) is 1. The molecule has 1 fully saturated rings. The molecule has 1 aliphatic rings. The Hall–Kier alpha value is -2.67. The average molecular weight is 428 g/mol. The molecule has 0 radical (unpaired) electrons. The van der Waals surface area contributed by atoms with Gasteiger partial charge in [-0.2, -0.15) is 0 Å². The molecule has 2 N–H and O–H groups in total. The summed E-state index contributed by atoms with van der Waals surface area (Å²) in [4.78, 5) is 39.8. The average Bonchev–Trinajstić information content (AvgIpc) is 3.26. The molecule has 6 nitrogen and oxygen atoms in total. The Labute approximate surface area is 181 Å². The first-order valence-corrected chi connectivity index (χ1v) is 11.0. The van der Waals surface area contributed by atoms with Crippen molar-refractivity contribution in [1.29, 1.82) is 0 Å². The Morgan fingerprint density at radius 2 is 1.90 bits per heavy atom. The van der Waals surface area contributed by atoms with Crippen LogP contribution < -0.4 is 10.6 Å². The molecule has 2 aromatic rings. The number of hydrogen-bond acceptors (Lipinski definition) is 4. The Kier molecular flexibility index (Phi) is 6.61. The van der Waals surface area contributed by atoms with E-state index < -0.39 is 5.41 Å². The molecule has 1 aromatic heterocycles. The van der Waals surface area contributed by atoms with Gasteiger partial charge in [0.1, 0.15) is 0 Å². The summed E-state index contributed by atoms with van der Waals surface area (Å²) in [5, 5.41) is 6.65. The van der Waals surface area contributed by atoms with E-state index in [9.17, 15) is 14.4 Å². The van der Waals surface area contributed by atoms with Crippen molar-refractivity contribution in [1.82, 2.24) is 10.2 Å². The first-order valence-electron chi connectivity index (χ1n) is 10.2. The fraction of sp³-hybridized carbons (Fsp3) is 0.435. The van der Waals surface area contributed by atoms with Crippen molar-refractivity contribution in [3.8, 4) is 0 Å². The number of carbonyl (C=O) groups is 3. The van der Waals surface area contributed by atoms with Gasteiger partial charge in [-0.25, -0.2) is 0 Å². The third-order valence-electron chi connectivity index (χ3n) is 5.12. The van der Waals surface area contributed by atoms with Crippen LogP contribution in [0.15, 0.2) is 36.4 Å². The zero-order valence-corrected chi connectivity index (χ0v) is 18.8. The molecule has 0 saturated carbocycles. The highest BCUT2D eigenvalue weighted by molar-refractivity contribution is 7.18. The number of aryl methyl sites for hydroxylation is 1. The summed E-state index contributed by atoms with van der Waals surface area (Å²) >= 11 is 1.27. The summed E-state index contributed by atoms with van der Waals surface area (Å²) in [6, 6.07) is 11.2. The Balaban J connectivity index is 1.77. The highest BCUT2D eigenvalue weighted by Crippen LogP contribution is 2.29. The Morgan fingerprint density at radius 3 is 2.50 bits per heavy atom. The number of hydrogen-bond donors (Lipinski definition) is 2. The highest BCUT2D eigenvalue weighted by Gasteiger charge is 2.27. The van der Waals surface area contributed by atoms with Gasteiger partial charge in [-0.3, -0.25) is 14.4 Å². The van der Waals surface area contributed by atoms with Crippen LogP contribution in [0.2, 0.25) is 0 Å². The number of rotatable bonds is 6. The number of amides is 3. The second-order valence-electron chi connectivity index (χ2n) is 8.71. The number of nitrogens with one attached hydrogen (secondary N) is 2. The van der Waals surface area contributed by atoms with Gasteiger partial charge >= 0.3 is 0 Å². The van der Waals surface area contributed by atoms with E-state index in [1.165, 1.54) is 11.3 Å². The van der Waals surface area contributed by atoms with Crippen molar-refractivity contribution in [2.45, 2.75) is 46.6 Å². The first-order chi connectivity index (χ1) is 14.1. The predicted octanol–water partition coefficient (Wildman–Crippen LogP) is 4.13. The molecule has 0 unspecified atom stereocenters. The second kappa shape index (κ2) is 9.00. The molecule has 7 heteroatoms. The molecule has 2 heterocycles. The van der Waals surface area contributed by atoms with Gasteiger partial charge in [-0.1, -0.05) is 51.1 Å². The lowest BCUT2D eigenvalue weighted by Crippen LogP contribution is -2.38. The van der Waals surface area contributed by atoms with E-state index in [0.717, 1.165) is 24.1 Å². The van der Waals surface area contributed by atoms with Crippen molar-refractivity contribution < 1.29 is 14.4 Å². The van der Waals surface area contributed by atoms with Crippen LogP contribution in [0.4, 0.5) is 5.00 Å². The van der Waals surface area contributed by atoms with Gasteiger partial charge in [0.05, 0.1) is 15.9 Å². The van der Waals surface area contributed by atoms with Crippen molar-refractivity contribution in [3.05, 3.63) is 52.4 Å². The fourth-order valence-electron chi connectivity index (χ4n) is 3.33. The van der Waals surface area contributed by atoms with E-state index >= 15 is 0 Å². The van der Waals surface area contributed by atoms with Crippen LogP contribution in [0.1, 0.15) is 60.5 Å². The zero-order valence-electron chi connectivity index (χ0n) is 18.0. The van der Waals surface area contributed by atoms with Gasteiger partial charge in [0.25, 0.3) is 5.91 Å². The fourth-order valence-corrected chi connectivity index (χ4v) is 4.30. The van der Waals surface area contributed by atoms with Crippen LogP contribution in [0.3, 0.4) is 0 Å². The molecular weight excluding hydrogens is 398 g/mol. The van der Waals surface area contributed by atoms with Gasteiger partial charge in [0, 0.05) is 24.9 Å². The maximum absolute atomic E-state index is 13.1. The van der Waals surface area contributed by atoms with Crippen LogP contribution in [-0.2, 0) is 9.59 Å². The third-order valence-corrected chi connectivity index (χ3v) is 6.27. The molecule has 3 rings (SSSR count). The van der Waals surface area contributed by atoms with Gasteiger partial charge in [-0.05, 0) is 30.5 Å². The number of thiophene rings is 1. The maximum Gasteiger partial charge on any atom is 0.262 e. The Morgan fingerprint density at radius 1 is 1.20 bits per heavy atom. The standard InChI is InChI=1S/C23H29N3O3S/c1-15-13-18(25-22(29)23(2,3)4)30-20(15)21(28)24-17(16-9-6-5-7-10-16)14-26-12-8-11-19(26)27/h5-7,9-10,13,17H,8,11-12,14H2,1-4H3,(H,24,28)(H,25,29)/t17-/m0/s1. The SMILES string of the molecule is Cc1cc(NC(=O)C(C)(C)C)sc1C(=O)N[C@@H](CN1CCCC1=O)c1ccccc1. The minimum absolute atomic E-state index is 0.0922.